The van der Waals surface area contributed by atoms with Gasteiger partial charge in [-0.25, -0.2) is 8.78 Å². The van der Waals surface area contributed by atoms with Crippen LogP contribution in [-0.2, 0) is 6.42 Å². The summed E-state index contributed by atoms with van der Waals surface area (Å²) < 4.78 is 24.9. The molecule has 0 atom stereocenters. The fourth-order valence-electron chi connectivity index (χ4n) is 3.85. The van der Waals surface area contributed by atoms with E-state index in [1.807, 2.05) is 20.2 Å². The van der Waals surface area contributed by atoms with Crippen molar-refractivity contribution < 1.29 is 8.78 Å². The maximum atomic E-state index is 12.6. The van der Waals surface area contributed by atoms with Gasteiger partial charge in [-0.3, -0.25) is 4.99 Å². The zero-order chi connectivity index (χ0) is 27.6. The Bertz CT molecular complexity index is 1040. The minimum atomic E-state index is -0.519. The van der Waals surface area contributed by atoms with Crippen molar-refractivity contribution in [2.45, 2.75) is 66.2 Å². The minimum Gasteiger partial charge on any atom is -0.370 e. The molecule has 0 fully saturated rings. The Kier molecular flexibility index (Phi) is 15.9. The first-order valence-corrected chi connectivity index (χ1v) is 13.3. The highest BCUT2D eigenvalue weighted by Gasteiger charge is 2.18. The number of anilines is 1. The fourth-order valence-corrected chi connectivity index (χ4v) is 4.03. The summed E-state index contributed by atoms with van der Waals surface area (Å²) in [5, 5.41) is 3.45. The van der Waals surface area contributed by atoms with Crippen LogP contribution in [0.1, 0.15) is 71.1 Å². The van der Waals surface area contributed by atoms with E-state index >= 15 is 0 Å². The van der Waals surface area contributed by atoms with Gasteiger partial charge in [-0.05, 0) is 74.5 Å². The molecule has 0 aliphatic heterocycles. The van der Waals surface area contributed by atoms with Gasteiger partial charge in [0.05, 0.1) is 5.70 Å². The van der Waals surface area contributed by atoms with Gasteiger partial charge in [-0.15, -0.1) is 0 Å². The van der Waals surface area contributed by atoms with E-state index in [0.717, 1.165) is 49.8 Å². The van der Waals surface area contributed by atoms with Crippen LogP contribution in [-0.4, -0.2) is 41.2 Å². The molecule has 2 N–H and O–H groups in total. The van der Waals surface area contributed by atoms with E-state index in [1.54, 1.807) is 6.20 Å². The normalized spacial score (nSPS) is 11.9. The van der Waals surface area contributed by atoms with Gasteiger partial charge in [0, 0.05) is 32.4 Å². The number of unbranched alkanes of at least 4 members (excludes halogenated alkanes) is 2. The quantitative estimate of drug-likeness (QED) is 0.189. The zero-order valence-corrected chi connectivity index (χ0v) is 23.6. The lowest BCUT2D eigenvalue weighted by molar-refractivity contribution is 0.376. The van der Waals surface area contributed by atoms with Crippen LogP contribution in [0.5, 0.6) is 0 Å². The van der Waals surface area contributed by atoms with Crippen LogP contribution in [0.3, 0.4) is 0 Å². The number of hydrogen-bond donors (Lipinski definition) is 2. The molecule has 0 amide bonds. The lowest BCUT2D eigenvalue weighted by Gasteiger charge is -2.27. The molecule has 1 aromatic heterocycles. The average molecular weight is 534 g/mol. The Morgan fingerprint density at radius 1 is 1.16 bits per heavy atom. The Morgan fingerprint density at radius 2 is 1.89 bits per heavy atom. The highest BCUT2D eigenvalue weighted by atomic mass is 35.5. The molecule has 0 bridgehead atoms. The maximum absolute atomic E-state index is 12.6. The van der Waals surface area contributed by atoms with Crippen LogP contribution < -0.4 is 5.32 Å². The highest BCUT2D eigenvalue weighted by molar-refractivity contribution is 6.28. The molecule has 204 valence electrons. The molecular formula is C29H42ClF2N5. The van der Waals surface area contributed by atoms with E-state index in [4.69, 9.17) is 11.6 Å². The van der Waals surface area contributed by atoms with Gasteiger partial charge in [0.15, 0.2) is 5.82 Å². The first-order valence-electron chi connectivity index (χ1n) is 12.9. The third-order valence-corrected chi connectivity index (χ3v) is 5.95. The second kappa shape index (κ2) is 18.3. The number of hydrogen-bond acceptors (Lipinski definition) is 4. The SMILES string of the molecule is C=CNc1nc(Cl)[nH]c1/C(=C/C)N(CCCCC)CCC/C(C=NC)=C/C.CCc1ccc(F)cc1F. The van der Waals surface area contributed by atoms with Crippen LogP contribution in [0.2, 0.25) is 5.28 Å². The molecule has 37 heavy (non-hydrogen) atoms. The molecule has 2 aromatic rings. The predicted octanol–water partition coefficient (Wildman–Crippen LogP) is 8.43. The number of H-pyrrole nitrogens is 1. The van der Waals surface area contributed by atoms with Crippen molar-refractivity contribution in [2.75, 3.05) is 25.5 Å². The summed E-state index contributed by atoms with van der Waals surface area (Å²) in [6.07, 6.45) is 14.1. The van der Waals surface area contributed by atoms with Crippen molar-refractivity contribution in [3.05, 3.63) is 76.9 Å². The summed E-state index contributed by atoms with van der Waals surface area (Å²) in [6.45, 7) is 13.9. The molecule has 2 rings (SSSR count). The second-order valence-electron chi connectivity index (χ2n) is 8.41. The van der Waals surface area contributed by atoms with Crippen molar-refractivity contribution in [1.82, 2.24) is 14.9 Å². The second-order valence-corrected chi connectivity index (χ2v) is 8.77. The zero-order valence-electron chi connectivity index (χ0n) is 22.9. The monoisotopic (exact) mass is 533 g/mol. The van der Waals surface area contributed by atoms with Crippen molar-refractivity contribution in [3.63, 3.8) is 0 Å². The van der Waals surface area contributed by atoms with E-state index in [-0.39, 0.29) is 0 Å². The van der Waals surface area contributed by atoms with Crippen LogP contribution in [0.15, 0.2) is 53.7 Å². The van der Waals surface area contributed by atoms with Gasteiger partial charge in [0.2, 0.25) is 5.28 Å². The summed E-state index contributed by atoms with van der Waals surface area (Å²) in [5.41, 5.74) is 3.84. The van der Waals surface area contributed by atoms with Crippen LogP contribution in [0, 0.1) is 11.6 Å². The number of aromatic nitrogens is 2. The van der Waals surface area contributed by atoms with Crippen molar-refractivity contribution >= 4 is 29.3 Å². The molecule has 0 saturated heterocycles. The topological polar surface area (TPSA) is 56.3 Å². The van der Waals surface area contributed by atoms with Crippen LogP contribution in [0.4, 0.5) is 14.6 Å². The van der Waals surface area contributed by atoms with Crippen molar-refractivity contribution in [3.8, 4) is 0 Å². The number of aryl methyl sites for hydroxylation is 1. The molecule has 0 radical (unpaired) electrons. The minimum absolute atomic E-state index is 0.373. The molecular weight excluding hydrogens is 492 g/mol. The number of rotatable bonds is 14. The standard InChI is InChI=1S/C21H34ClN5.C8H8F2/c1-6-10-11-14-27(15-12-13-17(7-2)16-23-5)18(8-3)19-20(24-9-4)26-21(22)25-19;1-2-6-3-4-7(9)5-8(6)10/h7-9,16,24H,4,6,10-15H2,1-3,5H3,(H,25,26);3-5H,2H2,1H3/b17-7-,18-8-,23-16?;. The smallest absolute Gasteiger partial charge is 0.202 e. The summed E-state index contributed by atoms with van der Waals surface area (Å²) >= 11 is 6.12. The molecule has 1 aromatic carbocycles. The summed E-state index contributed by atoms with van der Waals surface area (Å²) in [7, 11) is 1.81. The van der Waals surface area contributed by atoms with Crippen molar-refractivity contribution in [2.24, 2.45) is 4.99 Å². The first kappa shape index (κ1) is 32.1. The Hall–Kier alpha value is -2.93. The van der Waals surface area contributed by atoms with Gasteiger partial charge in [-0.1, -0.05) is 51.5 Å². The fraction of sp³-hybridized carbons (Fsp3) is 0.448. The van der Waals surface area contributed by atoms with E-state index in [2.05, 4.69) is 64.7 Å². The Labute approximate surface area is 226 Å². The molecule has 0 aliphatic rings. The summed E-state index contributed by atoms with van der Waals surface area (Å²) in [5.74, 6) is -0.270. The maximum Gasteiger partial charge on any atom is 0.202 e. The summed E-state index contributed by atoms with van der Waals surface area (Å²) in [6, 6.07) is 3.63. The van der Waals surface area contributed by atoms with Gasteiger partial charge in [-0.2, -0.15) is 4.98 Å². The van der Waals surface area contributed by atoms with E-state index in [9.17, 15) is 8.78 Å². The summed E-state index contributed by atoms with van der Waals surface area (Å²) in [4.78, 5) is 14.1. The number of halogens is 3. The lowest BCUT2D eigenvalue weighted by atomic mass is 10.1. The van der Waals surface area contributed by atoms with Gasteiger partial charge < -0.3 is 15.2 Å². The Balaban J connectivity index is 0.000000568. The number of nitrogens with one attached hydrogen (secondary N) is 2. The highest BCUT2D eigenvalue weighted by Crippen LogP contribution is 2.27. The molecule has 0 aliphatic carbocycles. The van der Waals surface area contributed by atoms with Crippen LogP contribution in [0.25, 0.3) is 5.70 Å². The number of nitrogens with zero attached hydrogens (tertiary/aromatic N) is 3. The number of allylic oxidation sites excluding steroid dienone is 3. The van der Waals surface area contributed by atoms with Gasteiger partial charge in [0.1, 0.15) is 17.3 Å². The van der Waals surface area contributed by atoms with E-state index in [0.29, 0.717) is 23.1 Å². The molecule has 1 heterocycles. The van der Waals surface area contributed by atoms with E-state index in [1.165, 1.54) is 30.5 Å². The van der Waals surface area contributed by atoms with Gasteiger partial charge in [0.25, 0.3) is 0 Å². The molecule has 0 spiro atoms. The average Bonchev–Trinajstić information content (AvgIpc) is 3.24. The van der Waals surface area contributed by atoms with E-state index < -0.39 is 11.6 Å². The van der Waals surface area contributed by atoms with Crippen molar-refractivity contribution in [1.29, 1.82) is 0 Å². The molecule has 8 heteroatoms. The molecule has 0 unspecified atom stereocenters. The molecule has 0 saturated carbocycles. The number of benzene rings is 1. The van der Waals surface area contributed by atoms with Gasteiger partial charge >= 0.3 is 0 Å². The first-order chi connectivity index (χ1) is 17.8. The molecule has 5 nitrogen and oxygen atoms in total. The van der Waals surface area contributed by atoms with Crippen LogP contribution >= 0.6 is 11.6 Å². The Morgan fingerprint density at radius 3 is 2.46 bits per heavy atom. The number of imidazole rings is 1. The lowest BCUT2D eigenvalue weighted by Crippen LogP contribution is -2.25. The third kappa shape index (κ3) is 11.3. The predicted molar refractivity (Wildman–Crippen MR) is 155 cm³/mol. The number of aliphatic imine (C=N–C) groups is 1. The largest absolute Gasteiger partial charge is 0.370 e. The third-order valence-electron chi connectivity index (χ3n) is 5.77. The number of aromatic amines is 1.